The normalized spacial score (nSPS) is 22.3. The van der Waals surface area contributed by atoms with Crippen molar-refractivity contribution in [3.63, 3.8) is 0 Å². The molecule has 2 amide bonds. The Balaban J connectivity index is 1.41. The van der Waals surface area contributed by atoms with Crippen molar-refractivity contribution in [1.82, 2.24) is 10.2 Å². The van der Waals surface area contributed by atoms with Crippen molar-refractivity contribution in [3.05, 3.63) is 35.9 Å². The molecule has 166 valence electrons. The van der Waals surface area contributed by atoms with Crippen LogP contribution in [0.1, 0.15) is 63.9 Å². The third-order valence-corrected chi connectivity index (χ3v) is 6.24. The van der Waals surface area contributed by atoms with Gasteiger partial charge in [-0.3, -0.25) is 9.59 Å². The van der Waals surface area contributed by atoms with E-state index in [-0.39, 0.29) is 29.9 Å². The van der Waals surface area contributed by atoms with Crippen LogP contribution in [-0.2, 0) is 19.1 Å². The molecule has 1 aromatic carbocycles. The standard InChI is InChI=1S/C24H36N2O4/c1-3-22(19-9-5-4-6-10-19)24(28)26-14-12-20(13-15-26)25-23(27)18(2)30-17-21-11-7-8-16-29-21/h4-6,9-10,18,20-22H,3,7-8,11-17H2,1-2H3,(H,25,27). The monoisotopic (exact) mass is 416 g/mol. The molecule has 2 heterocycles. The second-order valence-electron chi connectivity index (χ2n) is 8.44. The highest BCUT2D eigenvalue weighted by Gasteiger charge is 2.29. The predicted octanol–water partition coefficient (Wildman–Crippen LogP) is 3.26. The molecule has 6 heteroatoms. The van der Waals surface area contributed by atoms with Crippen LogP contribution in [0, 0.1) is 0 Å². The number of hydrogen-bond donors (Lipinski definition) is 1. The minimum Gasteiger partial charge on any atom is -0.376 e. The lowest BCUT2D eigenvalue weighted by atomic mass is 9.93. The molecule has 1 N–H and O–H groups in total. The first-order valence-electron chi connectivity index (χ1n) is 11.5. The van der Waals surface area contributed by atoms with Gasteiger partial charge in [0.25, 0.3) is 0 Å². The Morgan fingerprint density at radius 3 is 2.53 bits per heavy atom. The van der Waals surface area contributed by atoms with E-state index in [9.17, 15) is 9.59 Å². The van der Waals surface area contributed by atoms with Crippen molar-refractivity contribution in [2.24, 2.45) is 0 Å². The molecule has 0 bridgehead atoms. The van der Waals surface area contributed by atoms with Crippen LogP contribution in [0.25, 0.3) is 0 Å². The Morgan fingerprint density at radius 1 is 1.17 bits per heavy atom. The number of carbonyl (C=O) groups is 2. The quantitative estimate of drug-likeness (QED) is 0.706. The molecule has 3 atom stereocenters. The lowest BCUT2D eigenvalue weighted by molar-refractivity contribution is -0.137. The minimum atomic E-state index is -0.488. The number of amides is 2. The zero-order chi connectivity index (χ0) is 21.3. The Labute approximate surface area is 180 Å². The molecule has 2 fully saturated rings. The Kier molecular flexibility index (Phi) is 8.70. The van der Waals surface area contributed by atoms with Gasteiger partial charge in [0.2, 0.25) is 11.8 Å². The summed E-state index contributed by atoms with van der Waals surface area (Å²) in [5, 5.41) is 3.10. The number of rotatable bonds is 8. The van der Waals surface area contributed by atoms with Gasteiger partial charge in [0, 0.05) is 25.7 Å². The summed E-state index contributed by atoms with van der Waals surface area (Å²) in [5.41, 5.74) is 1.08. The average molecular weight is 417 g/mol. The van der Waals surface area contributed by atoms with Gasteiger partial charge in [-0.2, -0.15) is 0 Å². The Bertz CT molecular complexity index is 667. The number of nitrogens with zero attached hydrogens (tertiary/aromatic N) is 1. The van der Waals surface area contributed by atoms with Crippen LogP contribution in [-0.4, -0.2) is 61.3 Å². The van der Waals surface area contributed by atoms with Crippen molar-refractivity contribution in [1.29, 1.82) is 0 Å². The fourth-order valence-electron chi connectivity index (χ4n) is 4.29. The first-order valence-corrected chi connectivity index (χ1v) is 11.5. The molecule has 3 rings (SSSR count). The number of nitrogens with one attached hydrogen (secondary N) is 1. The van der Waals surface area contributed by atoms with Gasteiger partial charge in [0.05, 0.1) is 18.6 Å². The van der Waals surface area contributed by atoms with Crippen LogP contribution in [0.2, 0.25) is 0 Å². The van der Waals surface area contributed by atoms with E-state index in [0.717, 1.165) is 50.7 Å². The molecule has 0 aromatic heterocycles. The summed E-state index contributed by atoms with van der Waals surface area (Å²) in [4.78, 5) is 27.4. The van der Waals surface area contributed by atoms with Gasteiger partial charge in [-0.25, -0.2) is 0 Å². The summed E-state index contributed by atoms with van der Waals surface area (Å²) < 4.78 is 11.4. The minimum absolute atomic E-state index is 0.0775. The second-order valence-corrected chi connectivity index (χ2v) is 8.44. The fourth-order valence-corrected chi connectivity index (χ4v) is 4.29. The van der Waals surface area contributed by atoms with E-state index in [4.69, 9.17) is 9.47 Å². The van der Waals surface area contributed by atoms with Gasteiger partial charge in [-0.05, 0) is 51.0 Å². The van der Waals surface area contributed by atoms with E-state index >= 15 is 0 Å². The molecule has 30 heavy (non-hydrogen) atoms. The van der Waals surface area contributed by atoms with Crippen molar-refractivity contribution in [2.75, 3.05) is 26.3 Å². The van der Waals surface area contributed by atoms with Crippen LogP contribution >= 0.6 is 0 Å². The molecule has 1 aromatic rings. The van der Waals surface area contributed by atoms with Crippen molar-refractivity contribution in [2.45, 2.75) is 76.5 Å². The second kappa shape index (κ2) is 11.5. The van der Waals surface area contributed by atoms with Gasteiger partial charge in [0.15, 0.2) is 0 Å². The zero-order valence-corrected chi connectivity index (χ0v) is 18.3. The van der Waals surface area contributed by atoms with Crippen LogP contribution in [0.3, 0.4) is 0 Å². The van der Waals surface area contributed by atoms with E-state index in [1.807, 2.05) is 35.2 Å². The number of ether oxygens (including phenoxy) is 2. The summed E-state index contributed by atoms with van der Waals surface area (Å²) in [5.74, 6) is 0.0248. The van der Waals surface area contributed by atoms with E-state index < -0.39 is 6.10 Å². The highest BCUT2D eigenvalue weighted by molar-refractivity contribution is 5.84. The van der Waals surface area contributed by atoms with E-state index in [1.165, 1.54) is 0 Å². The average Bonchev–Trinajstić information content (AvgIpc) is 2.79. The highest BCUT2D eigenvalue weighted by atomic mass is 16.5. The molecule has 2 aliphatic rings. The SMILES string of the molecule is CCC(C(=O)N1CCC(NC(=O)C(C)OCC2CCCCO2)CC1)c1ccccc1. The smallest absolute Gasteiger partial charge is 0.249 e. The van der Waals surface area contributed by atoms with Crippen LogP contribution in [0.5, 0.6) is 0 Å². The number of hydrogen-bond acceptors (Lipinski definition) is 4. The van der Waals surface area contributed by atoms with Gasteiger partial charge in [-0.1, -0.05) is 37.3 Å². The molecule has 6 nitrogen and oxygen atoms in total. The molecule has 0 saturated carbocycles. The maximum Gasteiger partial charge on any atom is 0.249 e. The van der Waals surface area contributed by atoms with Crippen molar-refractivity contribution in [3.8, 4) is 0 Å². The maximum absolute atomic E-state index is 13.0. The zero-order valence-electron chi connectivity index (χ0n) is 18.3. The number of piperidine rings is 1. The lowest BCUT2D eigenvalue weighted by Crippen LogP contribution is -2.49. The van der Waals surface area contributed by atoms with E-state index in [2.05, 4.69) is 12.2 Å². The van der Waals surface area contributed by atoms with Gasteiger partial charge in [-0.15, -0.1) is 0 Å². The maximum atomic E-state index is 13.0. The van der Waals surface area contributed by atoms with E-state index in [1.54, 1.807) is 6.92 Å². The first kappa shape index (κ1) is 22.8. The Hall–Kier alpha value is -1.92. The number of likely N-dealkylation sites (tertiary alicyclic amines) is 1. The number of benzene rings is 1. The largest absolute Gasteiger partial charge is 0.376 e. The summed E-state index contributed by atoms with van der Waals surface area (Å²) in [7, 11) is 0. The van der Waals surface area contributed by atoms with Gasteiger partial charge < -0.3 is 19.7 Å². The highest BCUT2D eigenvalue weighted by Crippen LogP contribution is 2.24. The van der Waals surface area contributed by atoms with Gasteiger partial charge in [0.1, 0.15) is 6.10 Å². The molecule has 0 aliphatic carbocycles. The lowest BCUT2D eigenvalue weighted by Gasteiger charge is -2.35. The molecule has 3 unspecified atom stereocenters. The van der Waals surface area contributed by atoms with E-state index in [0.29, 0.717) is 19.7 Å². The summed E-state index contributed by atoms with van der Waals surface area (Å²) >= 11 is 0. The Morgan fingerprint density at radius 2 is 1.90 bits per heavy atom. The molecular weight excluding hydrogens is 380 g/mol. The number of carbonyl (C=O) groups excluding carboxylic acids is 2. The summed E-state index contributed by atoms with van der Waals surface area (Å²) in [6.45, 7) is 6.47. The van der Waals surface area contributed by atoms with Crippen molar-refractivity contribution >= 4 is 11.8 Å². The first-order chi connectivity index (χ1) is 14.6. The summed E-state index contributed by atoms with van der Waals surface area (Å²) in [6.07, 6.45) is 5.24. The predicted molar refractivity (Wildman–Crippen MR) is 116 cm³/mol. The molecular formula is C24H36N2O4. The van der Waals surface area contributed by atoms with Gasteiger partial charge >= 0.3 is 0 Å². The molecule has 0 spiro atoms. The third-order valence-electron chi connectivity index (χ3n) is 6.24. The topological polar surface area (TPSA) is 67.9 Å². The third kappa shape index (κ3) is 6.29. The molecule has 0 radical (unpaired) electrons. The summed E-state index contributed by atoms with van der Waals surface area (Å²) in [6, 6.07) is 10.1. The van der Waals surface area contributed by atoms with Crippen molar-refractivity contribution < 1.29 is 19.1 Å². The van der Waals surface area contributed by atoms with Crippen LogP contribution in [0.15, 0.2) is 30.3 Å². The van der Waals surface area contributed by atoms with Crippen LogP contribution in [0.4, 0.5) is 0 Å². The molecule has 2 aliphatic heterocycles. The van der Waals surface area contributed by atoms with Crippen LogP contribution < -0.4 is 5.32 Å². The molecule has 2 saturated heterocycles. The fraction of sp³-hybridized carbons (Fsp3) is 0.667.